The summed E-state index contributed by atoms with van der Waals surface area (Å²) < 4.78 is 0. The second-order valence-corrected chi connectivity index (χ2v) is 7.23. The SMILES string of the molecule is CC(C)NC(CN1CCN(Cc2ccccc2)CC1)C(C)C. The van der Waals surface area contributed by atoms with Gasteiger partial charge in [0, 0.05) is 51.4 Å². The molecule has 0 aromatic heterocycles. The standard InChI is InChI=1S/C19H33N3/c1-16(2)19(20-17(3)4)15-22-12-10-21(11-13-22)14-18-8-6-5-7-9-18/h5-9,16-17,19-20H,10-15H2,1-4H3. The van der Waals surface area contributed by atoms with Gasteiger partial charge >= 0.3 is 0 Å². The third-order valence-corrected chi connectivity index (χ3v) is 4.52. The lowest BCUT2D eigenvalue weighted by Crippen LogP contribution is -2.52. The van der Waals surface area contributed by atoms with Gasteiger partial charge in [0.2, 0.25) is 0 Å². The molecule has 1 aromatic carbocycles. The molecule has 0 radical (unpaired) electrons. The van der Waals surface area contributed by atoms with Crippen LogP contribution in [0.1, 0.15) is 33.3 Å². The van der Waals surface area contributed by atoms with Crippen LogP contribution >= 0.6 is 0 Å². The first-order valence-corrected chi connectivity index (χ1v) is 8.79. The zero-order chi connectivity index (χ0) is 15.9. The lowest BCUT2D eigenvalue weighted by Gasteiger charge is -2.38. The van der Waals surface area contributed by atoms with E-state index in [4.69, 9.17) is 0 Å². The number of nitrogens with zero attached hydrogens (tertiary/aromatic N) is 2. The van der Waals surface area contributed by atoms with Crippen LogP contribution in [0.5, 0.6) is 0 Å². The minimum Gasteiger partial charge on any atom is -0.310 e. The van der Waals surface area contributed by atoms with Crippen molar-refractivity contribution >= 4 is 0 Å². The Morgan fingerprint density at radius 3 is 2.05 bits per heavy atom. The molecule has 2 rings (SSSR count). The lowest BCUT2D eigenvalue weighted by atomic mass is 10.0. The average Bonchev–Trinajstić information content (AvgIpc) is 2.49. The van der Waals surface area contributed by atoms with E-state index in [0.717, 1.165) is 6.54 Å². The van der Waals surface area contributed by atoms with Crippen LogP contribution in [-0.4, -0.2) is 54.6 Å². The smallest absolute Gasteiger partial charge is 0.0234 e. The van der Waals surface area contributed by atoms with E-state index in [1.54, 1.807) is 0 Å². The Kier molecular flexibility index (Phi) is 6.87. The van der Waals surface area contributed by atoms with Gasteiger partial charge in [-0.3, -0.25) is 9.80 Å². The average molecular weight is 303 g/mol. The first kappa shape index (κ1) is 17.5. The molecule has 0 saturated carbocycles. The third-order valence-electron chi connectivity index (χ3n) is 4.52. The fourth-order valence-electron chi connectivity index (χ4n) is 3.13. The summed E-state index contributed by atoms with van der Waals surface area (Å²) in [7, 11) is 0. The summed E-state index contributed by atoms with van der Waals surface area (Å²) in [4.78, 5) is 5.20. The van der Waals surface area contributed by atoms with Gasteiger partial charge in [0.1, 0.15) is 0 Å². The highest BCUT2D eigenvalue weighted by Gasteiger charge is 2.22. The maximum Gasteiger partial charge on any atom is 0.0234 e. The molecule has 1 atom stereocenters. The minimum absolute atomic E-state index is 0.562. The molecule has 0 bridgehead atoms. The van der Waals surface area contributed by atoms with Gasteiger partial charge in [-0.15, -0.1) is 0 Å². The summed E-state index contributed by atoms with van der Waals surface area (Å²) in [5.41, 5.74) is 1.43. The number of rotatable bonds is 7. The highest BCUT2D eigenvalue weighted by atomic mass is 15.3. The van der Waals surface area contributed by atoms with Crippen molar-refractivity contribution in [3.05, 3.63) is 35.9 Å². The molecule has 1 N–H and O–H groups in total. The summed E-state index contributed by atoms with van der Waals surface area (Å²) in [5.74, 6) is 0.685. The van der Waals surface area contributed by atoms with E-state index in [2.05, 4.69) is 73.1 Å². The van der Waals surface area contributed by atoms with Crippen molar-refractivity contribution in [2.24, 2.45) is 5.92 Å². The van der Waals surface area contributed by atoms with E-state index in [-0.39, 0.29) is 0 Å². The summed E-state index contributed by atoms with van der Waals surface area (Å²) >= 11 is 0. The maximum atomic E-state index is 3.72. The predicted octanol–water partition coefficient (Wildman–Crippen LogP) is 2.83. The number of benzene rings is 1. The van der Waals surface area contributed by atoms with Gasteiger partial charge in [-0.1, -0.05) is 58.0 Å². The van der Waals surface area contributed by atoms with E-state index in [9.17, 15) is 0 Å². The number of piperazine rings is 1. The molecule has 22 heavy (non-hydrogen) atoms. The maximum absolute atomic E-state index is 3.72. The van der Waals surface area contributed by atoms with Crippen molar-refractivity contribution in [2.75, 3.05) is 32.7 Å². The fourth-order valence-corrected chi connectivity index (χ4v) is 3.13. The van der Waals surface area contributed by atoms with Crippen molar-refractivity contribution in [1.82, 2.24) is 15.1 Å². The van der Waals surface area contributed by atoms with Gasteiger partial charge in [0.25, 0.3) is 0 Å². The molecule has 1 heterocycles. The summed E-state index contributed by atoms with van der Waals surface area (Å²) in [6.45, 7) is 16.1. The van der Waals surface area contributed by atoms with Crippen LogP contribution in [0.4, 0.5) is 0 Å². The monoisotopic (exact) mass is 303 g/mol. The topological polar surface area (TPSA) is 18.5 Å². The van der Waals surface area contributed by atoms with Gasteiger partial charge in [-0.25, -0.2) is 0 Å². The van der Waals surface area contributed by atoms with Crippen LogP contribution in [0, 0.1) is 5.92 Å². The summed E-state index contributed by atoms with van der Waals surface area (Å²) in [5, 5.41) is 3.72. The van der Waals surface area contributed by atoms with Crippen LogP contribution in [0.15, 0.2) is 30.3 Å². The minimum atomic E-state index is 0.562. The lowest BCUT2D eigenvalue weighted by molar-refractivity contribution is 0.110. The van der Waals surface area contributed by atoms with Gasteiger partial charge in [-0.2, -0.15) is 0 Å². The molecule has 1 unspecified atom stereocenters. The van der Waals surface area contributed by atoms with Crippen molar-refractivity contribution < 1.29 is 0 Å². The zero-order valence-corrected chi connectivity index (χ0v) is 14.8. The normalized spacial score (nSPS) is 19.0. The Hall–Kier alpha value is -0.900. The fraction of sp³-hybridized carbons (Fsp3) is 0.684. The Morgan fingerprint density at radius 1 is 0.909 bits per heavy atom. The molecular weight excluding hydrogens is 270 g/mol. The summed E-state index contributed by atoms with van der Waals surface area (Å²) in [6.07, 6.45) is 0. The van der Waals surface area contributed by atoms with Crippen LogP contribution in [-0.2, 0) is 6.54 Å². The van der Waals surface area contributed by atoms with E-state index < -0.39 is 0 Å². The third kappa shape index (κ3) is 5.71. The highest BCUT2D eigenvalue weighted by Crippen LogP contribution is 2.11. The molecule has 3 nitrogen and oxygen atoms in total. The molecule has 1 saturated heterocycles. The number of nitrogens with one attached hydrogen (secondary N) is 1. The predicted molar refractivity (Wildman–Crippen MR) is 95.1 cm³/mol. The Balaban J connectivity index is 1.76. The van der Waals surface area contributed by atoms with E-state index in [1.807, 2.05) is 0 Å². The van der Waals surface area contributed by atoms with Crippen LogP contribution in [0.3, 0.4) is 0 Å². The highest BCUT2D eigenvalue weighted by molar-refractivity contribution is 5.14. The largest absolute Gasteiger partial charge is 0.310 e. The molecule has 3 heteroatoms. The zero-order valence-electron chi connectivity index (χ0n) is 14.8. The number of hydrogen-bond donors (Lipinski definition) is 1. The van der Waals surface area contributed by atoms with Crippen LogP contribution in [0.25, 0.3) is 0 Å². The molecule has 0 spiro atoms. The first-order valence-electron chi connectivity index (χ1n) is 8.79. The van der Waals surface area contributed by atoms with Crippen LogP contribution < -0.4 is 5.32 Å². The van der Waals surface area contributed by atoms with Crippen molar-refractivity contribution in [3.8, 4) is 0 Å². The van der Waals surface area contributed by atoms with E-state index in [0.29, 0.717) is 18.0 Å². The molecule has 0 aliphatic carbocycles. The van der Waals surface area contributed by atoms with Gasteiger partial charge in [0.15, 0.2) is 0 Å². The molecule has 1 aromatic rings. The van der Waals surface area contributed by atoms with Crippen molar-refractivity contribution in [1.29, 1.82) is 0 Å². The molecular formula is C19H33N3. The Bertz CT molecular complexity index is 408. The Morgan fingerprint density at radius 2 is 1.50 bits per heavy atom. The van der Waals surface area contributed by atoms with Gasteiger partial charge < -0.3 is 5.32 Å². The summed E-state index contributed by atoms with van der Waals surface area (Å²) in [6, 6.07) is 12.0. The molecule has 0 amide bonds. The van der Waals surface area contributed by atoms with Gasteiger partial charge in [-0.05, 0) is 11.5 Å². The molecule has 1 fully saturated rings. The van der Waals surface area contributed by atoms with E-state index >= 15 is 0 Å². The van der Waals surface area contributed by atoms with E-state index in [1.165, 1.54) is 38.3 Å². The van der Waals surface area contributed by atoms with Crippen LogP contribution in [0.2, 0.25) is 0 Å². The molecule has 124 valence electrons. The number of hydrogen-bond acceptors (Lipinski definition) is 3. The van der Waals surface area contributed by atoms with Gasteiger partial charge in [0.05, 0.1) is 0 Å². The molecule has 1 aliphatic heterocycles. The van der Waals surface area contributed by atoms with Crippen molar-refractivity contribution in [3.63, 3.8) is 0 Å². The second-order valence-electron chi connectivity index (χ2n) is 7.23. The Labute approximate surface area is 136 Å². The second kappa shape index (κ2) is 8.66. The first-order chi connectivity index (χ1) is 10.5. The van der Waals surface area contributed by atoms with Crippen molar-refractivity contribution in [2.45, 2.75) is 46.3 Å². The quantitative estimate of drug-likeness (QED) is 0.835. The molecule has 1 aliphatic rings.